The summed E-state index contributed by atoms with van der Waals surface area (Å²) in [7, 11) is 1.36. The van der Waals surface area contributed by atoms with Gasteiger partial charge in [-0.25, -0.2) is 4.79 Å². The van der Waals surface area contributed by atoms with Crippen molar-refractivity contribution in [1.82, 2.24) is 5.32 Å². The second-order valence-electron chi connectivity index (χ2n) is 5.10. The van der Waals surface area contributed by atoms with Crippen molar-refractivity contribution in [2.45, 2.75) is 39.7 Å². The Morgan fingerprint density at radius 2 is 2.12 bits per heavy atom. The van der Waals surface area contributed by atoms with Gasteiger partial charge in [0, 0.05) is 18.7 Å². The number of ether oxygens (including phenoxy) is 1. The fourth-order valence-corrected chi connectivity index (χ4v) is 1.76. The molecular weight excluding hydrogens is 218 g/mol. The fourth-order valence-electron chi connectivity index (χ4n) is 1.76. The summed E-state index contributed by atoms with van der Waals surface area (Å²) in [5.74, 6) is 0.139. The number of nitrogens with one attached hydrogen (secondary N) is 1. The number of carbonyl (C=O) groups is 1. The van der Waals surface area contributed by atoms with Crippen LogP contribution in [-0.4, -0.2) is 36.9 Å². The lowest BCUT2D eigenvalue weighted by Crippen LogP contribution is -2.39. The molecule has 0 radical (unpaired) electrons. The Kier molecular flexibility index (Phi) is 7.07. The van der Waals surface area contributed by atoms with Crippen LogP contribution in [0.2, 0.25) is 0 Å². The molecule has 0 saturated carbocycles. The zero-order valence-corrected chi connectivity index (χ0v) is 11.5. The summed E-state index contributed by atoms with van der Waals surface area (Å²) in [5, 5.41) is 13.1. The Hall–Kier alpha value is -0.870. The summed E-state index contributed by atoms with van der Waals surface area (Å²) in [6.45, 7) is 8.74. The standard InChI is InChI=1S/C13H25NO3/c1-10(2)8-13(4,16)9-14-7-6-11(3)12(15)17-5/h6,10,14,16H,7-9H2,1-5H3. The molecule has 0 spiro atoms. The van der Waals surface area contributed by atoms with E-state index in [1.165, 1.54) is 7.11 Å². The van der Waals surface area contributed by atoms with E-state index in [0.29, 0.717) is 24.6 Å². The van der Waals surface area contributed by atoms with E-state index in [1.807, 2.05) is 6.92 Å². The Labute approximate surface area is 104 Å². The summed E-state index contributed by atoms with van der Waals surface area (Å²) in [5.41, 5.74) is -0.134. The number of methoxy groups -OCH3 is 1. The molecule has 17 heavy (non-hydrogen) atoms. The average Bonchev–Trinajstić information content (AvgIpc) is 2.21. The van der Waals surface area contributed by atoms with Gasteiger partial charge < -0.3 is 15.2 Å². The van der Waals surface area contributed by atoms with Crippen LogP contribution in [0, 0.1) is 5.92 Å². The predicted octanol–water partition coefficient (Wildman–Crippen LogP) is 1.49. The van der Waals surface area contributed by atoms with Gasteiger partial charge in [0.2, 0.25) is 0 Å². The third-order valence-electron chi connectivity index (χ3n) is 2.41. The second kappa shape index (κ2) is 7.45. The molecule has 1 unspecified atom stereocenters. The maximum Gasteiger partial charge on any atom is 0.333 e. The molecule has 0 heterocycles. The molecule has 0 saturated heterocycles. The SMILES string of the molecule is COC(=O)C(C)=CCNCC(C)(O)CC(C)C. The van der Waals surface area contributed by atoms with Gasteiger partial charge in [-0.1, -0.05) is 19.9 Å². The Bertz CT molecular complexity index is 270. The molecule has 4 heteroatoms. The van der Waals surface area contributed by atoms with Crippen LogP contribution in [0.3, 0.4) is 0 Å². The van der Waals surface area contributed by atoms with Gasteiger partial charge in [0.25, 0.3) is 0 Å². The van der Waals surface area contributed by atoms with Gasteiger partial charge >= 0.3 is 5.97 Å². The molecule has 0 amide bonds. The highest BCUT2D eigenvalue weighted by Crippen LogP contribution is 2.14. The van der Waals surface area contributed by atoms with Gasteiger partial charge in [0.15, 0.2) is 0 Å². The molecular formula is C13H25NO3. The Morgan fingerprint density at radius 1 is 1.53 bits per heavy atom. The maximum atomic E-state index is 11.1. The molecule has 0 aliphatic carbocycles. The van der Waals surface area contributed by atoms with Crippen molar-refractivity contribution in [2.75, 3.05) is 20.2 Å². The third-order valence-corrected chi connectivity index (χ3v) is 2.41. The van der Waals surface area contributed by atoms with Crippen molar-refractivity contribution >= 4 is 5.97 Å². The van der Waals surface area contributed by atoms with Crippen molar-refractivity contribution in [3.63, 3.8) is 0 Å². The molecule has 4 nitrogen and oxygen atoms in total. The minimum absolute atomic E-state index is 0.319. The van der Waals surface area contributed by atoms with Gasteiger partial charge in [-0.05, 0) is 26.2 Å². The minimum atomic E-state index is -0.707. The first-order valence-corrected chi connectivity index (χ1v) is 5.96. The van der Waals surface area contributed by atoms with Gasteiger partial charge in [0.05, 0.1) is 12.7 Å². The number of hydrogen-bond acceptors (Lipinski definition) is 4. The van der Waals surface area contributed by atoms with Crippen LogP contribution < -0.4 is 5.32 Å². The van der Waals surface area contributed by atoms with E-state index in [0.717, 1.165) is 6.42 Å². The molecule has 0 aromatic carbocycles. The molecule has 0 aromatic heterocycles. The fraction of sp³-hybridized carbons (Fsp3) is 0.769. The first-order valence-electron chi connectivity index (χ1n) is 5.96. The molecule has 0 aromatic rings. The zero-order valence-electron chi connectivity index (χ0n) is 11.5. The molecule has 0 fully saturated rings. The van der Waals surface area contributed by atoms with E-state index in [2.05, 4.69) is 23.9 Å². The van der Waals surface area contributed by atoms with Crippen molar-refractivity contribution in [3.8, 4) is 0 Å². The molecule has 2 N–H and O–H groups in total. The van der Waals surface area contributed by atoms with Crippen LogP contribution in [0.5, 0.6) is 0 Å². The van der Waals surface area contributed by atoms with Crippen LogP contribution in [0.1, 0.15) is 34.1 Å². The number of rotatable bonds is 7. The quantitative estimate of drug-likeness (QED) is 0.404. The molecule has 1 atom stereocenters. The van der Waals surface area contributed by atoms with E-state index in [1.54, 1.807) is 13.0 Å². The summed E-state index contributed by atoms with van der Waals surface area (Å²) < 4.78 is 4.58. The molecule has 100 valence electrons. The highest BCUT2D eigenvalue weighted by molar-refractivity contribution is 5.87. The lowest BCUT2D eigenvalue weighted by atomic mass is 9.94. The minimum Gasteiger partial charge on any atom is -0.466 e. The summed E-state index contributed by atoms with van der Waals surface area (Å²) in [6.07, 6.45) is 2.51. The smallest absolute Gasteiger partial charge is 0.333 e. The lowest BCUT2D eigenvalue weighted by Gasteiger charge is -2.25. The van der Waals surface area contributed by atoms with E-state index < -0.39 is 5.60 Å². The number of esters is 1. The summed E-state index contributed by atoms with van der Waals surface area (Å²) >= 11 is 0. The summed E-state index contributed by atoms with van der Waals surface area (Å²) in [4.78, 5) is 11.1. The van der Waals surface area contributed by atoms with Crippen molar-refractivity contribution in [3.05, 3.63) is 11.6 Å². The van der Waals surface area contributed by atoms with Gasteiger partial charge in [-0.2, -0.15) is 0 Å². The number of carbonyl (C=O) groups excluding carboxylic acids is 1. The van der Waals surface area contributed by atoms with Crippen molar-refractivity contribution < 1.29 is 14.6 Å². The molecule has 0 aliphatic heterocycles. The van der Waals surface area contributed by atoms with E-state index in [9.17, 15) is 9.90 Å². The highest BCUT2D eigenvalue weighted by Gasteiger charge is 2.20. The first kappa shape index (κ1) is 16.1. The van der Waals surface area contributed by atoms with Gasteiger partial charge in [-0.15, -0.1) is 0 Å². The van der Waals surface area contributed by atoms with Crippen LogP contribution in [-0.2, 0) is 9.53 Å². The largest absolute Gasteiger partial charge is 0.466 e. The second-order valence-corrected chi connectivity index (χ2v) is 5.10. The van der Waals surface area contributed by atoms with Gasteiger partial charge in [-0.3, -0.25) is 0 Å². The number of aliphatic hydroxyl groups is 1. The molecule has 0 bridgehead atoms. The first-order chi connectivity index (χ1) is 7.78. The van der Waals surface area contributed by atoms with Crippen molar-refractivity contribution in [2.24, 2.45) is 5.92 Å². The monoisotopic (exact) mass is 243 g/mol. The highest BCUT2D eigenvalue weighted by atomic mass is 16.5. The van der Waals surface area contributed by atoms with Crippen LogP contribution >= 0.6 is 0 Å². The van der Waals surface area contributed by atoms with E-state index in [-0.39, 0.29) is 5.97 Å². The maximum absolute atomic E-state index is 11.1. The zero-order chi connectivity index (χ0) is 13.5. The average molecular weight is 243 g/mol. The molecule has 0 aliphatic rings. The Balaban J connectivity index is 3.95. The Morgan fingerprint density at radius 3 is 2.59 bits per heavy atom. The van der Waals surface area contributed by atoms with Crippen LogP contribution in [0.15, 0.2) is 11.6 Å². The van der Waals surface area contributed by atoms with E-state index in [4.69, 9.17) is 0 Å². The topological polar surface area (TPSA) is 58.6 Å². The van der Waals surface area contributed by atoms with Gasteiger partial charge in [0.1, 0.15) is 0 Å². The molecule has 0 rings (SSSR count). The van der Waals surface area contributed by atoms with Crippen molar-refractivity contribution in [1.29, 1.82) is 0 Å². The number of hydrogen-bond donors (Lipinski definition) is 2. The van der Waals surface area contributed by atoms with E-state index >= 15 is 0 Å². The normalized spacial score (nSPS) is 15.8. The summed E-state index contributed by atoms with van der Waals surface area (Å²) in [6, 6.07) is 0. The third kappa shape index (κ3) is 7.94. The lowest BCUT2D eigenvalue weighted by molar-refractivity contribution is -0.136. The van der Waals surface area contributed by atoms with Crippen LogP contribution in [0.4, 0.5) is 0 Å². The predicted molar refractivity (Wildman–Crippen MR) is 68.7 cm³/mol. The van der Waals surface area contributed by atoms with Crippen LogP contribution in [0.25, 0.3) is 0 Å².